The summed E-state index contributed by atoms with van der Waals surface area (Å²) in [6, 6.07) is 13.4. The average Bonchev–Trinajstić information content (AvgIpc) is 2.34. The van der Waals surface area contributed by atoms with Crippen molar-refractivity contribution in [2.45, 2.75) is 8.87 Å². The van der Waals surface area contributed by atoms with E-state index in [1.165, 1.54) is 35.4 Å². The molecule has 2 rings (SSSR count). The minimum atomic E-state index is -0.532. The third-order valence-corrected chi connectivity index (χ3v) is 6.24. The molecular weight excluding hydrogens is 325 g/mol. The Morgan fingerprint density at radius 1 is 0.647 bits per heavy atom. The maximum absolute atomic E-state index is 12.7. The first-order valence-corrected chi connectivity index (χ1v) is 9.47. The zero-order valence-corrected chi connectivity index (χ0v) is 12.1. The van der Waals surface area contributed by atoms with Gasteiger partial charge in [0, 0.05) is 0 Å². The van der Waals surface area contributed by atoms with Crippen LogP contribution >= 0.6 is 0 Å². The molecule has 17 heavy (non-hydrogen) atoms. The zero-order valence-electron chi connectivity index (χ0n) is 9.29. The molecule has 0 amide bonds. The summed E-state index contributed by atoms with van der Waals surface area (Å²) in [6.07, 6.45) is 0. The van der Waals surface area contributed by atoms with Crippen molar-refractivity contribution in [2.75, 3.05) is 0 Å². The van der Waals surface area contributed by atoms with Crippen LogP contribution in [0.4, 0.5) is 8.78 Å². The Labute approximate surface area is 110 Å². The van der Waals surface area contributed by atoms with Gasteiger partial charge in [-0.1, -0.05) is 0 Å². The second-order valence-electron chi connectivity index (χ2n) is 3.86. The van der Waals surface area contributed by atoms with E-state index in [4.69, 9.17) is 0 Å². The normalized spacial score (nSPS) is 10.5. The predicted octanol–water partition coefficient (Wildman–Crippen LogP) is 3.37. The van der Waals surface area contributed by atoms with E-state index in [1.807, 2.05) is 24.3 Å². The van der Waals surface area contributed by atoms with E-state index in [-0.39, 0.29) is 11.6 Å². The van der Waals surface area contributed by atoms with Gasteiger partial charge >= 0.3 is 110 Å². The number of rotatable bonds is 4. The fraction of sp³-hybridized carbons (Fsp3) is 0.143. The minimum absolute atomic E-state index is 0.183. The molecule has 0 aliphatic rings. The van der Waals surface area contributed by atoms with Crippen LogP contribution in [-0.4, -0.2) is 21.1 Å². The Hall–Kier alpha value is -0.901. The molecule has 0 saturated carbocycles. The second kappa shape index (κ2) is 6.15. The van der Waals surface area contributed by atoms with Crippen LogP contribution in [0.5, 0.6) is 0 Å². The predicted molar refractivity (Wildman–Crippen MR) is 66.0 cm³/mol. The molecule has 0 nitrogen and oxygen atoms in total. The van der Waals surface area contributed by atoms with E-state index in [0.29, 0.717) is 0 Å². The molecule has 0 N–H and O–H groups in total. The first-order chi connectivity index (χ1) is 8.24. The number of benzene rings is 2. The van der Waals surface area contributed by atoms with Gasteiger partial charge in [0.2, 0.25) is 0 Å². The van der Waals surface area contributed by atoms with E-state index < -0.39 is 21.1 Å². The Morgan fingerprint density at radius 3 is 1.35 bits per heavy atom. The standard InChI is InChI=1S/2C7H6F.Sn/c2*1-6-2-4-7(8)5-3-6;/h2*2-5H,1H2;. The van der Waals surface area contributed by atoms with Crippen molar-refractivity contribution in [1.82, 2.24) is 0 Å². The Morgan fingerprint density at radius 2 is 1.00 bits per heavy atom. The summed E-state index contributed by atoms with van der Waals surface area (Å²) in [5.41, 5.74) is 2.42. The molecule has 0 heterocycles. The molecule has 2 aromatic rings. The van der Waals surface area contributed by atoms with Gasteiger partial charge in [0.05, 0.1) is 0 Å². The summed E-state index contributed by atoms with van der Waals surface area (Å²) in [7, 11) is 0. The first kappa shape index (κ1) is 12.6. The number of hydrogen-bond acceptors (Lipinski definition) is 0. The summed E-state index contributed by atoms with van der Waals surface area (Å²) in [5, 5.41) is 0. The summed E-state index contributed by atoms with van der Waals surface area (Å²) in [5.74, 6) is -0.365. The molecule has 0 unspecified atom stereocenters. The quantitative estimate of drug-likeness (QED) is 0.751. The van der Waals surface area contributed by atoms with Crippen LogP contribution < -0.4 is 0 Å². The summed E-state index contributed by atoms with van der Waals surface area (Å²) < 4.78 is 27.5. The van der Waals surface area contributed by atoms with Gasteiger partial charge in [-0.05, 0) is 0 Å². The molecule has 86 valence electrons. The van der Waals surface area contributed by atoms with Crippen LogP contribution in [0.3, 0.4) is 0 Å². The molecule has 0 aromatic heterocycles. The van der Waals surface area contributed by atoms with Crippen LogP contribution in [0.25, 0.3) is 0 Å². The fourth-order valence-corrected chi connectivity index (χ4v) is 4.91. The molecule has 0 aliphatic carbocycles. The Balaban J connectivity index is 1.83. The van der Waals surface area contributed by atoms with E-state index in [0.717, 1.165) is 8.87 Å². The first-order valence-electron chi connectivity index (χ1n) is 5.43. The topological polar surface area (TPSA) is 0 Å². The van der Waals surface area contributed by atoms with Crippen molar-refractivity contribution in [2.24, 2.45) is 0 Å². The molecule has 0 saturated heterocycles. The third kappa shape index (κ3) is 4.11. The van der Waals surface area contributed by atoms with Gasteiger partial charge in [-0.2, -0.15) is 0 Å². The van der Waals surface area contributed by atoms with Crippen molar-refractivity contribution < 1.29 is 8.78 Å². The molecule has 2 radical (unpaired) electrons. The molecule has 0 aliphatic heterocycles. The van der Waals surface area contributed by atoms with Crippen LogP contribution in [0.15, 0.2) is 48.5 Å². The van der Waals surface area contributed by atoms with E-state index in [1.54, 1.807) is 0 Å². The molecule has 0 atom stereocenters. The van der Waals surface area contributed by atoms with Crippen molar-refractivity contribution in [3.63, 3.8) is 0 Å². The van der Waals surface area contributed by atoms with E-state index in [9.17, 15) is 8.78 Å². The van der Waals surface area contributed by atoms with E-state index >= 15 is 0 Å². The number of hydrogen-bond donors (Lipinski definition) is 0. The average molecular weight is 337 g/mol. The van der Waals surface area contributed by atoms with Gasteiger partial charge in [-0.25, -0.2) is 0 Å². The van der Waals surface area contributed by atoms with Gasteiger partial charge in [-0.15, -0.1) is 0 Å². The van der Waals surface area contributed by atoms with Crippen LogP contribution in [0, 0.1) is 11.6 Å². The zero-order chi connectivity index (χ0) is 12.1. The Bertz CT molecular complexity index is 417. The van der Waals surface area contributed by atoms with Gasteiger partial charge in [0.1, 0.15) is 0 Å². The maximum atomic E-state index is 12.7. The second-order valence-corrected chi connectivity index (χ2v) is 7.30. The van der Waals surface area contributed by atoms with Gasteiger partial charge in [-0.3, -0.25) is 0 Å². The van der Waals surface area contributed by atoms with Crippen molar-refractivity contribution in [1.29, 1.82) is 0 Å². The van der Waals surface area contributed by atoms with Gasteiger partial charge < -0.3 is 0 Å². The van der Waals surface area contributed by atoms with Crippen LogP contribution in [0.2, 0.25) is 0 Å². The molecule has 2 aromatic carbocycles. The van der Waals surface area contributed by atoms with Crippen molar-refractivity contribution >= 4 is 21.1 Å². The van der Waals surface area contributed by atoms with Crippen molar-refractivity contribution in [3.8, 4) is 0 Å². The molecular formula is C14H12F2Sn. The fourth-order valence-electron chi connectivity index (χ4n) is 1.56. The third-order valence-electron chi connectivity index (χ3n) is 2.48. The molecule has 0 fully saturated rings. The number of halogens is 2. The van der Waals surface area contributed by atoms with Crippen molar-refractivity contribution in [3.05, 3.63) is 71.3 Å². The van der Waals surface area contributed by atoms with Gasteiger partial charge in [0.25, 0.3) is 0 Å². The summed E-state index contributed by atoms with van der Waals surface area (Å²) in [6.45, 7) is 0. The monoisotopic (exact) mass is 338 g/mol. The van der Waals surface area contributed by atoms with Crippen LogP contribution in [-0.2, 0) is 8.87 Å². The molecule has 0 spiro atoms. The summed E-state index contributed by atoms with van der Waals surface area (Å²) in [4.78, 5) is 0. The van der Waals surface area contributed by atoms with E-state index in [2.05, 4.69) is 0 Å². The Kier molecular flexibility index (Phi) is 4.54. The SMILES string of the molecule is Fc1ccc([CH2][Sn][CH2]c2ccc(F)cc2)cc1. The summed E-state index contributed by atoms with van der Waals surface area (Å²) >= 11 is -0.532. The molecule has 0 bridgehead atoms. The molecule has 3 heteroatoms. The van der Waals surface area contributed by atoms with Crippen LogP contribution in [0.1, 0.15) is 11.1 Å². The van der Waals surface area contributed by atoms with Gasteiger partial charge in [0.15, 0.2) is 0 Å².